The number of carbonyl (C=O) groups is 2. The zero-order valence-electron chi connectivity index (χ0n) is 20.6. The van der Waals surface area contributed by atoms with Crippen LogP contribution in [-0.4, -0.2) is 45.5 Å². The molecule has 3 aromatic rings. The van der Waals surface area contributed by atoms with Crippen LogP contribution in [0.1, 0.15) is 22.8 Å². The van der Waals surface area contributed by atoms with Crippen molar-refractivity contribution >= 4 is 50.6 Å². The lowest BCUT2D eigenvalue weighted by Gasteiger charge is -2.26. The molecule has 3 rings (SSSR count). The summed E-state index contributed by atoms with van der Waals surface area (Å²) >= 11 is 6.13. The number of carbonyl (C=O) groups excluding carboxylic acids is 2. The van der Waals surface area contributed by atoms with Crippen LogP contribution in [-0.2, 0) is 19.6 Å². The highest BCUT2D eigenvalue weighted by atomic mass is 35.5. The van der Waals surface area contributed by atoms with E-state index < -0.39 is 44.0 Å². The van der Waals surface area contributed by atoms with E-state index in [2.05, 4.69) is 5.32 Å². The van der Waals surface area contributed by atoms with E-state index in [1.54, 1.807) is 19.1 Å². The van der Waals surface area contributed by atoms with Crippen LogP contribution in [0.2, 0.25) is 5.02 Å². The van der Waals surface area contributed by atoms with Gasteiger partial charge in [0.15, 0.2) is 0 Å². The summed E-state index contributed by atoms with van der Waals surface area (Å²) in [6.07, 6.45) is 0. The average Bonchev–Trinajstić information content (AvgIpc) is 2.87. The van der Waals surface area contributed by atoms with Crippen LogP contribution < -0.4 is 14.4 Å². The third-order valence-electron chi connectivity index (χ3n) is 5.36. The molecule has 0 aliphatic rings. The minimum atomic E-state index is -4.56. The lowest BCUT2D eigenvalue weighted by Crippen LogP contribution is -2.38. The second-order valence-corrected chi connectivity index (χ2v) is 10.1. The number of benzene rings is 3. The van der Waals surface area contributed by atoms with Gasteiger partial charge in [-0.2, -0.15) is 0 Å². The van der Waals surface area contributed by atoms with E-state index in [0.717, 1.165) is 10.4 Å². The second-order valence-electron chi connectivity index (χ2n) is 7.85. The summed E-state index contributed by atoms with van der Waals surface area (Å²) < 4.78 is 38.6. The fourth-order valence-electron chi connectivity index (χ4n) is 3.53. The van der Waals surface area contributed by atoms with Gasteiger partial charge in [0.2, 0.25) is 5.91 Å². The van der Waals surface area contributed by atoms with Crippen molar-refractivity contribution in [3.63, 3.8) is 0 Å². The Hall–Kier alpha value is -4.16. The van der Waals surface area contributed by atoms with Crippen molar-refractivity contribution < 1.29 is 32.4 Å². The first kappa shape index (κ1) is 28.4. The molecule has 0 heterocycles. The molecule has 0 radical (unpaired) electrons. The molecule has 0 saturated carbocycles. The predicted octanol–water partition coefficient (Wildman–Crippen LogP) is 4.58. The van der Waals surface area contributed by atoms with E-state index >= 15 is 0 Å². The quantitative estimate of drug-likeness (QED) is 0.215. The van der Waals surface area contributed by atoms with E-state index in [9.17, 15) is 28.1 Å². The summed E-state index contributed by atoms with van der Waals surface area (Å²) in [6.45, 7) is 2.44. The number of methoxy groups -OCH3 is 1. The molecule has 3 aromatic carbocycles. The van der Waals surface area contributed by atoms with Crippen LogP contribution in [0, 0.1) is 17.0 Å². The lowest BCUT2D eigenvalue weighted by atomic mass is 10.2. The van der Waals surface area contributed by atoms with Gasteiger partial charge >= 0.3 is 5.97 Å². The number of nitrogens with one attached hydrogen (secondary N) is 1. The molecule has 0 saturated heterocycles. The molecule has 1 N–H and O–H groups in total. The highest BCUT2D eigenvalue weighted by molar-refractivity contribution is 7.92. The number of halogens is 1. The summed E-state index contributed by atoms with van der Waals surface area (Å²) in [4.78, 5) is 35.8. The van der Waals surface area contributed by atoms with Gasteiger partial charge in [0.05, 0.1) is 40.5 Å². The third-order valence-corrected chi connectivity index (χ3v) is 7.35. The number of aryl methyl sites for hydroxylation is 1. The van der Waals surface area contributed by atoms with Crippen molar-refractivity contribution in [3.05, 3.63) is 86.9 Å². The largest absolute Gasteiger partial charge is 0.495 e. The molecule has 0 unspecified atom stereocenters. The van der Waals surface area contributed by atoms with Gasteiger partial charge < -0.3 is 14.8 Å². The zero-order valence-corrected chi connectivity index (χ0v) is 22.2. The number of hydrogen-bond donors (Lipinski definition) is 1. The van der Waals surface area contributed by atoms with E-state index in [1.165, 1.54) is 56.5 Å². The van der Waals surface area contributed by atoms with Crippen molar-refractivity contribution in [3.8, 4) is 5.75 Å². The first-order chi connectivity index (χ1) is 18.0. The fourth-order valence-corrected chi connectivity index (χ4v) is 5.14. The number of para-hydroxylation sites is 1. The van der Waals surface area contributed by atoms with E-state index in [4.69, 9.17) is 21.1 Å². The molecule has 0 aliphatic heterocycles. The van der Waals surface area contributed by atoms with E-state index in [1.807, 2.05) is 0 Å². The number of nitro groups is 1. The van der Waals surface area contributed by atoms with Gasteiger partial charge in [-0.1, -0.05) is 29.8 Å². The van der Waals surface area contributed by atoms with Crippen molar-refractivity contribution in [2.45, 2.75) is 18.7 Å². The van der Waals surface area contributed by atoms with Gasteiger partial charge in [-0.3, -0.25) is 19.2 Å². The number of nitro benzene ring substituents is 1. The first-order valence-corrected chi connectivity index (χ1v) is 13.0. The second kappa shape index (κ2) is 11.9. The maximum absolute atomic E-state index is 13.8. The third kappa shape index (κ3) is 6.21. The highest BCUT2D eigenvalue weighted by Gasteiger charge is 2.31. The number of ether oxygens (including phenoxy) is 2. The molecular weight excluding hydrogens is 538 g/mol. The Balaban J connectivity index is 2.08. The van der Waals surface area contributed by atoms with Gasteiger partial charge in [0.25, 0.3) is 15.7 Å². The molecule has 0 aromatic heterocycles. The highest BCUT2D eigenvalue weighted by Crippen LogP contribution is 2.36. The normalized spacial score (nSPS) is 10.9. The Kier molecular flexibility index (Phi) is 8.92. The Morgan fingerprint density at radius 3 is 2.47 bits per heavy atom. The minimum absolute atomic E-state index is 0.0722. The Morgan fingerprint density at radius 2 is 1.82 bits per heavy atom. The Morgan fingerprint density at radius 1 is 1.11 bits per heavy atom. The molecule has 1 amide bonds. The summed E-state index contributed by atoms with van der Waals surface area (Å²) in [6, 6.07) is 13.7. The molecule has 11 nitrogen and oxygen atoms in total. The predicted molar refractivity (Wildman–Crippen MR) is 141 cm³/mol. The van der Waals surface area contributed by atoms with Crippen LogP contribution in [0.3, 0.4) is 0 Å². The van der Waals surface area contributed by atoms with Crippen LogP contribution in [0.25, 0.3) is 0 Å². The van der Waals surface area contributed by atoms with E-state index in [-0.39, 0.29) is 39.9 Å². The first-order valence-electron chi connectivity index (χ1n) is 11.2. The number of amides is 1. The fraction of sp³-hybridized carbons (Fsp3) is 0.200. The summed E-state index contributed by atoms with van der Waals surface area (Å²) in [5.74, 6) is -1.40. The maximum atomic E-state index is 13.8. The summed E-state index contributed by atoms with van der Waals surface area (Å²) in [5, 5.41) is 14.2. The van der Waals surface area contributed by atoms with Gasteiger partial charge in [0, 0.05) is 16.7 Å². The molecule has 0 aliphatic carbocycles. The molecule has 38 heavy (non-hydrogen) atoms. The van der Waals surface area contributed by atoms with Crippen LogP contribution in [0.5, 0.6) is 5.75 Å². The minimum Gasteiger partial charge on any atom is -0.495 e. The van der Waals surface area contributed by atoms with E-state index in [0.29, 0.717) is 0 Å². The molecule has 13 heteroatoms. The topological polar surface area (TPSA) is 145 Å². The Labute approximate surface area is 224 Å². The number of sulfonamides is 1. The molecule has 0 atom stereocenters. The molecule has 0 bridgehead atoms. The van der Waals surface area contributed by atoms with Crippen LogP contribution >= 0.6 is 11.6 Å². The molecular formula is C25H24ClN3O8S. The molecule has 0 fully saturated rings. The van der Waals surface area contributed by atoms with Crippen molar-refractivity contribution in [1.29, 1.82) is 0 Å². The monoisotopic (exact) mass is 561 g/mol. The van der Waals surface area contributed by atoms with Gasteiger partial charge in [-0.15, -0.1) is 0 Å². The van der Waals surface area contributed by atoms with Gasteiger partial charge in [-0.05, 0) is 50.2 Å². The van der Waals surface area contributed by atoms with Crippen molar-refractivity contribution in [1.82, 2.24) is 0 Å². The van der Waals surface area contributed by atoms with Crippen molar-refractivity contribution in [2.75, 3.05) is 29.9 Å². The number of rotatable bonds is 10. The van der Waals surface area contributed by atoms with Crippen LogP contribution in [0.15, 0.2) is 65.6 Å². The van der Waals surface area contributed by atoms with Gasteiger partial charge in [0.1, 0.15) is 12.3 Å². The summed E-state index contributed by atoms with van der Waals surface area (Å²) in [7, 11) is -3.25. The zero-order chi connectivity index (χ0) is 28.0. The lowest BCUT2D eigenvalue weighted by molar-refractivity contribution is -0.385. The Bertz CT molecular complexity index is 1490. The SMILES string of the molecule is CCOC(=O)c1ccccc1NC(=O)CN(c1cc(Cl)ccc1OC)S(=O)(=O)c1ccc(C)c([N+](=O)[O-])c1. The number of hydrogen-bond acceptors (Lipinski definition) is 8. The smallest absolute Gasteiger partial charge is 0.340 e. The standard InChI is InChI=1S/C25H24ClN3O8S/c1-4-37-25(31)19-7-5-6-8-20(19)27-24(30)15-28(22-13-17(26)10-12-23(22)36-3)38(34,35)18-11-9-16(2)21(14-18)29(32)33/h5-14H,4,15H2,1-3H3,(H,27,30). The van der Waals surface area contributed by atoms with Crippen molar-refractivity contribution in [2.24, 2.45) is 0 Å². The summed E-state index contributed by atoms with van der Waals surface area (Å²) in [5.41, 5.74) is -0.0351. The molecule has 0 spiro atoms. The average molecular weight is 562 g/mol. The maximum Gasteiger partial charge on any atom is 0.340 e. The number of esters is 1. The molecule has 200 valence electrons. The number of anilines is 2. The van der Waals surface area contributed by atoms with Gasteiger partial charge in [-0.25, -0.2) is 13.2 Å². The van der Waals surface area contributed by atoms with Crippen LogP contribution in [0.4, 0.5) is 17.1 Å². The number of nitrogens with zero attached hydrogens (tertiary/aromatic N) is 2.